The van der Waals surface area contributed by atoms with E-state index in [1.54, 1.807) is 18.6 Å². The standard InChI is InChI=1S/C35H45N5O3Si/c1-33(2,3)40-31(19-22-37-40)39-30-25-36-24-26(38-30)23-35(32(41)42)20-17-27(18-21-35)43-44(34(4,5)6,28-13-9-7-10-14-28)29-15-11-8-12-16-29/h7-16,19,22,24-25,27H,17-18,20-21,23H2,1-6H3,(H,38,39)(H,41,42). The lowest BCUT2D eigenvalue weighted by molar-refractivity contribution is -0.152. The van der Waals surface area contributed by atoms with Crippen LogP contribution in [0.5, 0.6) is 0 Å². The summed E-state index contributed by atoms with van der Waals surface area (Å²) in [6.45, 7) is 13.1. The van der Waals surface area contributed by atoms with Gasteiger partial charge in [-0.25, -0.2) is 9.67 Å². The van der Waals surface area contributed by atoms with Gasteiger partial charge in [-0.1, -0.05) is 81.4 Å². The second-order valence-electron chi connectivity index (χ2n) is 14.1. The van der Waals surface area contributed by atoms with Gasteiger partial charge in [0.1, 0.15) is 11.6 Å². The molecule has 8 nitrogen and oxygen atoms in total. The Kier molecular flexibility index (Phi) is 8.82. The minimum Gasteiger partial charge on any atom is -0.481 e. The molecule has 44 heavy (non-hydrogen) atoms. The van der Waals surface area contributed by atoms with Crippen LogP contribution in [-0.4, -0.2) is 45.2 Å². The number of nitrogens with one attached hydrogen (secondary N) is 1. The highest BCUT2D eigenvalue weighted by atomic mass is 28.4. The number of aliphatic carboxylic acids is 1. The smallest absolute Gasteiger partial charge is 0.310 e. The molecule has 4 aromatic rings. The van der Waals surface area contributed by atoms with Gasteiger partial charge in [-0.05, 0) is 61.9 Å². The predicted molar refractivity (Wildman–Crippen MR) is 177 cm³/mol. The third-order valence-electron chi connectivity index (χ3n) is 8.84. The third-order valence-corrected chi connectivity index (χ3v) is 13.9. The molecule has 0 radical (unpaired) electrons. The first kappa shape index (κ1) is 31.6. The Morgan fingerprint density at radius 3 is 2.07 bits per heavy atom. The first-order valence-electron chi connectivity index (χ1n) is 15.5. The van der Waals surface area contributed by atoms with Crippen LogP contribution in [0.25, 0.3) is 0 Å². The van der Waals surface area contributed by atoms with E-state index in [2.05, 4.69) is 105 Å². The van der Waals surface area contributed by atoms with E-state index < -0.39 is 19.7 Å². The van der Waals surface area contributed by atoms with Gasteiger partial charge in [-0.2, -0.15) is 5.10 Å². The highest BCUT2D eigenvalue weighted by Gasteiger charge is 2.53. The fourth-order valence-corrected chi connectivity index (χ4v) is 11.4. The number of carboxylic acids is 1. The van der Waals surface area contributed by atoms with Gasteiger partial charge in [0.15, 0.2) is 0 Å². The number of rotatable bonds is 9. The van der Waals surface area contributed by atoms with Gasteiger partial charge < -0.3 is 14.8 Å². The van der Waals surface area contributed by atoms with Crippen molar-refractivity contribution < 1.29 is 14.3 Å². The lowest BCUT2D eigenvalue weighted by atomic mass is 9.70. The van der Waals surface area contributed by atoms with Crippen LogP contribution in [0.15, 0.2) is 85.3 Å². The molecule has 0 aliphatic heterocycles. The SMILES string of the molecule is CC(C)(C)n1nccc1Nc1cncc(CC2(C(=O)O)CCC(O[Si](c3ccccc3)(c3ccccc3)C(C)(C)C)CC2)n1. The Morgan fingerprint density at radius 2 is 1.55 bits per heavy atom. The Labute approximate surface area is 262 Å². The molecule has 0 atom stereocenters. The summed E-state index contributed by atoms with van der Waals surface area (Å²) in [5.41, 5.74) is -0.476. The summed E-state index contributed by atoms with van der Waals surface area (Å²) < 4.78 is 9.25. The maximum absolute atomic E-state index is 12.9. The number of hydrogen-bond acceptors (Lipinski definition) is 6. The molecule has 0 saturated heterocycles. The maximum Gasteiger partial charge on any atom is 0.310 e. The average molecular weight is 612 g/mol. The van der Waals surface area contributed by atoms with Gasteiger partial charge in [0.05, 0.1) is 29.0 Å². The molecule has 0 unspecified atom stereocenters. The van der Waals surface area contributed by atoms with Gasteiger partial charge in [0.25, 0.3) is 8.32 Å². The van der Waals surface area contributed by atoms with E-state index in [0.717, 1.165) is 5.82 Å². The van der Waals surface area contributed by atoms with E-state index in [0.29, 0.717) is 43.6 Å². The average Bonchev–Trinajstić information content (AvgIpc) is 3.46. The molecular weight excluding hydrogens is 567 g/mol. The first-order chi connectivity index (χ1) is 20.8. The first-order valence-corrected chi connectivity index (χ1v) is 17.4. The van der Waals surface area contributed by atoms with E-state index in [-0.39, 0.29) is 16.7 Å². The molecule has 0 spiro atoms. The van der Waals surface area contributed by atoms with E-state index in [9.17, 15) is 9.90 Å². The number of anilines is 2. The minimum atomic E-state index is -2.73. The highest BCUT2D eigenvalue weighted by molar-refractivity contribution is 6.99. The summed E-state index contributed by atoms with van der Waals surface area (Å²) in [5, 5.41) is 20.6. The second kappa shape index (κ2) is 12.3. The molecule has 1 aliphatic rings. The zero-order valence-electron chi connectivity index (χ0n) is 26.7. The van der Waals surface area contributed by atoms with Gasteiger partial charge in [0, 0.05) is 24.8 Å². The van der Waals surface area contributed by atoms with Crippen molar-refractivity contribution in [3.63, 3.8) is 0 Å². The summed E-state index contributed by atoms with van der Waals surface area (Å²) in [6.07, 6.45) is 7.74. The third kappa shape index (κ3) is 6.35. The number of carbonyl (C=O) groups is 1. The number of hydrogen-bond donors (Lipinski definition) is 2. The molecule has 1 aliphatic carbocycles. The van der Waals surface area contributed by atoms with Crippen LogP contribution in [-0.2, 0) is 21.2 Å². The van der Waals surface area contributed by atoms with Crippen molar-refractivity contribution >= 4 is 36.3 Å². The zero-order valence-corrected chi connectivity index (χ0v) is 27.7. The maximum atomic E-state index is 12.9. The summed E-state index contributed by atoms with van der Waals surface area (Å²) in [6, 6.07) is 23.1. The number of nitrogens with zero attached hydrogens (tertiary/aromatic N) is 4. The summed E-state index contributed by atoms with van der Waals surface area (Å²) >= 11 is 0. The lowest BCUT2D eigenvalue weighted by Gasteiger charge is -2.47. The van der Waals surface area contributed by atoms with Crippen molar-refractivity contribution in [1.29, 1.82) is 0 Å². The number of carboxylic acid groups (broad SMARTS) is 1. The molecule has 2 aromatic heterocycles. The lowest BCUT2D eigenvalue weighted by Crippen LogP contribution is -2.68. The molecular formula is C35H45N5O3Si. The molecule has 9 heteroatoms. The normalized spacial score (nSPS) is 19.5. The predicted octanol–water partition coefficient (Wildman–Crippen LogP) is 6.30. The number of benzene rings is 2. The molecule has 2 N–H and O–H groups in total. The summed E-state index contributed by atoms with van der Waals surface area (Å²) in [7, 11) is -2.73. The largest absolute Gasteiger partial charge is 0.481 e. The Bertz CT molecular complexity index is 1510. The van der Waals surface area contributed by atoms with Crippen LogP contribution in [0.3, 0.4) is 0 Å². The van der Waals surface area contributed by atoms with E-state index in [1.807, 2.05) is 22.9 Å². The van der Waals surface area contributed by atoms with E-state index in [4.69, 9.17) is 9.41 Å². The fourth-order valence-electron chi connectivity index (χ4n) is 6.63. The van der Waals surface area contributed by atoms with Gasteiger partial charge >= 0.3 is 5.97 Å². The molecule has 232 valence electrons. The Morgan fingerprint density at radius 1 is 0.955 bits per heavy atom. The van der Waals surface area contributed by atoms with Crippen molar-refractivity contribution in [3.05, 3.63) is 91.0 Å². The van der Waals surface area contributed by atoms with Gasteiger partial charge in [0.2, 0.25) is 0 Å². The van der Waals surface area contributed by atoms with Gasteiger partial charge in [-0.3, -0.25) is 9.78 Å². The monoisotopic (exact) mass is 611 g/mol. The highest BCUT2D eigenvalue weighted by Crippen LogP contribution is 2.44. The quantitative estimate of drug-likeness (QED) is 0.214. The van der Waals surface area contributed by atoms with Crippen molar-refractivity contribution in [2.24, 2.45) is 5.41 Å². The van der Waals surface area contributed by atoms with Crippen molar-refractivity contribution in [1.82, 2.24) is 19.7 Å². The van der Waals surface area contributed by atoms with Crippen LogP contribution in [0.2, 0.25) is 5.04 Å². The van der Waals surface area contributed by atoms with Crippen LogP contribution < -0.4 is 15.7 Å². The molecule has 1 saturated carbocycles. The van der Waals surface area contributed by atoms with E-state index in [1.165, 1.54) is 10.4 Å². The van der Waals surface area contributed by atoms with Crippen molar-refractivity contribution in [2.75, 3.05) is 5.32 Å². The summed E-state index contributed by atoms with van der Waals surface area (Å²) in [5.74, 6) is 0.586. The van der Waals surface area contributed by atoms with Crippen LogP contribution in [0, 0.1) is 5.41 Å². The Hall–Kier alpha value is -3.82. The van der Waals surface area contributed by atoms with Gasteiger partial charge in [-0.15, -0.1) is 0 Å². The van der Waals surface area contributed by atoms with Crippen LogP contribution in [0.4, 0.5) is 11.6 Å². The van der Waals surface area contributed by atoms with Crippen molar-refractivity contribution in [2.45, 2.75) is 90.3 Å². The summed E-state index contributed by atoms with van der Waals surface area (Å²) in [4.78, 5) is 22.0. The zero-order chi connectivity index (χ0) is 31.6. The molecule has 2 heterocycles. The molecule has 0 bridgehead atoms. The minimum absolute atomic E-state index is 0.0365. The molecule has 2 aromatic carbocycles. The number of aromatic nitrogens is 4. The van der Waals surface area contributed by atoms with Crippen LogP contribution in [0.1, 0.15) is 72.9 Å². The molecule has 5 rings (SSSR count). The molecule has 1 fully saturated rings. The van der Waals surface area contributed by atoms with Crippen molar-refractivity contribution in [3.8, 4) is 0 Å². The second-order valence-corrected chi connectivity index (χ2v) is 18.3. The topological polar surface area (TPSA) is 102 Å². The Balaban J connectivity index is 1.37. The molecule has 0 amide bonds. The van der Waals surface area contributed by atoms with E-state index >= 15 is 0 Å². The van der Waals surface area contributed by atoms with Crippen LogP contribution >= 0.6 is 0 Å². The fraction of sp³-hybridized carbons (Fsp3) is 0.429.